The second-order valence-corrected chi connectivity index (χ2v) is 11.8. The lowest BCUT2D eigenvalue weighted by molar-refractivity contribution is 0.0388. The molecule has 1 aliphatic heterocycles. The molecule has 0 aliphatic carbocycles. The number of para-hydroxylation sites is 1. The zero-order valence-electron chi connectivity index (χ0n) is 22.3. The number of anilines is 1. The number of rotatable bonds is 8. The number of nitrogens with one attached hydrogen (secondary N) is 1. The van der Waals surface area contributed by atoms with Crippen LogP contribution in [0.4, 0.5) is 10.1 Å². The lowest BCUT2D eigenvalue weighted by Crippen LogP contribution is -2.50. The lowest BCUT2D eigenvalue weighted by atomic mass is 9.99. The van der Waals surface area contributed by atoms with Crippen molar-refractivity contribution in [1.82, 2.24) is 14.2 Å². The summed E-state index contributed by atoms with van der Waals surface area (Å²) < 4.78 is 47.4. The fourth-order valence-electron chi connectivity index (χ4n) is 4.40. The largest absolute Gasteiger partial charge is 0.486 e. The van der Waals surface area contributed by atoms with E-state index in [1.54, 1.807) is 37.3 Å². The van der Waals surface area contributed by atoms with Gasteiger partial charge in [0.1, 0.15) is 11.9 Å². The van der Waals surface area contributed by atoms with E-state index in [-0.39, 0.29) is 47.5 Å². The van der Waals surface area contributed by atoms with Crippen LogP contribution in [0.5, 0.6) is 5.75 Å². The summed E-state index contributed by atoms with van der Waals surface area (Å²) in [6.45, 7) is 3.32. The van der Waals surface area contributed by atoms with Gasteiger partial charge in [-0.1, -0.05) is 13.0 Å². The predicted molar refractivity (Wildman–Crippen MR) is 146 cm³/mol. The second kappa shape index (κ2) is 12.1. The SMILES string of the molecule is C[C@H]1CN([C@@H](C)CO)C(=O)c2cccc(NC(=O)c3ccncc3)c2O[C@@H]1CN(C)S(=O)(=O)c1ccc(F)cc1. The first kappa shape index (κ1) is 29.1. The zero-order chi connectivity index (χ0) is 29.0. The van der Waals surface area contributed by atoms with Gasteiger partial charge >= 0.3 is 0 Å². The van der Waals surface area contributed by atoms with E-state index in [0.29, 0.717) is 5.56 Å². The number of hydrogen-bond acceptors (Lipinski definition) is 7. The highest BCUT2D eigenvalue weighted by Crippen LogP contribution is 2.35. The van der Waals surface area contributed by atoms with Crippen LogP contribution in [0.25, 0.3) is 0 Å². The number of aromatic nitrogens is 1. The van der Waals surface area contributed by atoms with E-state index < -0.39 is 39.8 Å². The van der Waals surface area contributed by atoms with Gasteiger partial charge in [0, 0.05) is 37.5 Å². The van der Waals surface area contributed by atoms with Crippen molar-refractivity contribution in [2.75, 3.05) is 32.1 Å². The number of fused-ring (bicyclic) bond motifs is 1. The van der Waals surface area contributed by atoms with E-state index in [1.807, 2.05) is 6.92 Å². The molecule has 3 aromatic rings. The van der Waals surface area contributed by atoms with Gasteiger partial charge in [0.15, 0.2) is 5.75 Å². The van der Waals surface area contributed by atoms with E-state index in [4.69, 9.17) is 4.74 Å². The standard InChI is InChI=1S/C28H31FN4O6S/c1-18-15-33(19(2)17-34)28(36)23-5-4-6-24(31-27(35)20-11-13-30-14-12-20)26(23)39-25(18)16-32(3)40(37,38)22-9-7-21(29)8-10-22/h4-14,18-19,25,34H,15-17H2,1-3H3,(H,31,35)/t18-,19-,25+/m0/s1. The average Bonchev–Trinajstić information content (AvgIpc) is 2.95. The number of likely N-dealkylation sites (N-methyl/N-ethyl adjacent to an activating group) is 1. The van der Waals surface area contributed by atoms with Crippen molar-refractivity contribution in [1.29, 1.82) is 0 Å². The molecule has 2 heterocycles. The van der Waals surface area contributed by atoms with Gasteiger partial charge in [0.2, 0.25) is 10.0 Å². The van der Waals surface area contributed by atoms with Crippen molar-refractivity contribution in [3.8, 4) is 5.75 Å². The van der Waals surface area contributed by atoms with Gasteiger partial charge in [-0.25, -0.2) is 12.8 Å². The maximum Gasteiger partial charge on any atom is 0.258 e. The Kier molecular flexibility index (Phi) is 8.82. The summed E-state index contributed by atoms with van der Waals surface area (Å²) in [6.07, 6.45) is 2.20. The summed E-state index contributed by atoms with van der Waals surface area (Å²) in [5.74, 6) is -1.70. The van der Waals surface area contributed by atoms with Crippen molar-refractivity contribution in [2.45, 2.75) is 30.9 Å². The Balaban J connectivity index is 1.72. The smallest absolute Gasteiger partial charge is 0.258 e. The number of carbonyl (C=O) groups is 2. The third-order valence-electron chi connectivity index (χ3n) is 6.84. The molecule has 2 amide bonds. The summed E-state index contributed by atoms with van der Waals surface area (Å²) >= 11 is 0. The van der Waals surface area contributed by atoms with Crippen LogP contribution in [0.3, 0.4) is 0 Å². The molecule has 10 nitrogen and oxygen atoms in total. The minimum absolute atomic E-state index is 0.0775. The van der Waals surface area contributed by atoms with E-state index in [9.17, 15) is 27.5 Å². The van der Waals surface area contributed by atoms with Crippen molar-refractivity contribution in [3.05, 3.63) is 83.9 Å². The first-order valence-electron chi connectivity index (χ1n) is 12.7. The number of carbonyl (C=O) groups excluding carboxylic acids is 2. The van der Waals surface area contributed by atoms with Crippen LogP contribution in [0.1, 0.15) is 34.6 Å². The fraction of sp³-hybridized carbons (Fsp3) is 0.321. The molecule has 2 aromatic carbocycles. The van der Waals surface area contributed by atoms with Crippen LogP contribution >= 0.6 is 0 Å². The third-order valence-corrected chi connectivity index (χ3v) is 8.68. The number of pyridine rings is 1. The molecule has 0 spiro atoms. The molecule has 0 saturated heterocycles. The zero-order valence-corrected chi connectivity index (χ0v) is 23.1. The minimum Gasteiger partial charge on any atom is -0.486 e. The van der Waals surface area contributed by atoms with Gasteiger partial charge in [-0.15, -0.1) is 0 Å². The summed E-state index contributed by atoms with van der Waals surface area (Å²) in [4.78, 5) is 31.9. The van der Waals surface area contributed by atoms with Crippen molar-refractivity contribution in [2.24, 2.45) is 5.92 Å². The molecule has 0 radical (unpaired) electrons. The molecule has 1 aromatic heterocycles. The number of nitrogens with zero attached hydrogens (tertiary/aromatic N) is 3. The number of hydrogen-bond donors (Lipinski definition) is 2. The molecule has 4 rings (SSSR count). The molecule has 0 bridgehead atoms. The number of aliphatic hydroxyl groups excluding tert-OH is 1. The molecule has 0 fully saturated rings. The van der Waals surface area contributed by atoms with E-state index >= 15 is 0 Å². The van der Waals surface area contributed by atoms with Gasteiger partial charge in [0.25, 0.3) is 11.8 Å². The Hall–Kier alpha value is -3.87. The molecular weight excluding hydrogens is 539 g/mol. The molecule has 212 valence electrons. The molecule has 0 saturated carbocycles. The average molecular weight is 571 g/mol. The van der Waals surface area contributed by atoms with Crippen LogP contribution in [-0.2, 0) is 10.0 Å². The second-order valence-electron chi connectivity index (χ2n) is 9.73. The van der Waals surface area contributed by atoms with Gasteiger partial charge in [-0.3, -0.25) is 14.6 Å². The topological polar surface area (TPSA) is 129 Å². The highest BCUT2D eigenvalue weighted by Gasteiger charge is 2.36. The minimum atomic E-state index is -4.00. The molecule has 0 unspecified atom stereocenters. The third kappa shape index (κ3) is 6.14. The Bertz CT molecular complexity index is 1470. The Morgan fingerprint density at radius 1 is 1.20 bits per heavy atom. The molecule has 1 aliphatic rings. The predicted octanol–water partition coefficient (Wildman–Crippen LogP) is 3.01. The molecule has 40 heavy (non-hydrogen) atoms. The van der Waals surface area contributed by atoms with E-state index in [1.165, 1.54) is 36.5 Å². The monoisotopic (exact) mass is 570 g/mol. The maximum atomic E-state index is 13.6. The van der Waals surface area contributed by atoms with Gasteiger partial charge in [0.05, 0.1) is 35.3 Å². The first-order valence-corrected chi connectivity index (χ1v) is 14.1. The van der Waals surface area contributed by atoms with Gasteiger partial charge in [-0.05, 0) is 55.5 Å². The summed E-state index contributed by atoms with van der Waals surface area (Å²) in [5, 5.41) is 12.6. The van der Waals surface area contributed by atoms with Crippen LogP contribution in [0, 0.1) is 11.7 Å². The first-order chi connectivity index (χ1) is 19.0. The van der Waals surface area contributed by atoms with Crippen molar-refractivity contribution < 1.29 is 32.2 Å². The number of amides is 2. The highest BCUT2D eigenvalue weighted by molar-refractivity contribution is 7.89. The number of ether oxygens (including phenoxy) is 1. The van der Waals surface area contributed by atoms with Crippen molar-refractivity contribution in [3.63, 3.8) is 0 Å². The quantitative estimate of drug-likeness (QED) is 0.426. The Labute approximate surface area is 232 Å². The summed E-state index contributed by atoms with van der Waals surface area (Å²) in [7, 11) is -2.60. The van der Waals surface area contributed by atoms with Crippen LogP contribution in [-0.4, -0.2) is 78.4 Å². The summed E-state index contributed by atoms with van der Waals surface area (Å²) in [5.41, 5.74) is 0.733. The number of halogens is 1. The van der Waals surface area contributed by atoms with E-state index in [0.717, 1.165) is 16.4 Å². The van der Waals surface area contributed by atoms with Crippen molar-refractivity contribution >= 4 is 27.5 Å². The van der Waals surface area contributed by atoms with Gasteiger partial charge in [-0.2, -0.15) is 4.31 Å². The van der Waals surface area contributed by atoms with Gasteiger partial charge < -0.3 is 20.1 Å². The highest BCUT2D eigenvalue weighted by atomic mass is 32.2. The molecule has 12 heteroatoms. The number of aliphatic hydroxyl groups is 1. The number of sulfonamides is 1. The normalized spacial score (nSPS) is 18.4. The number of benzene rings is 2. The summed E-state index contributed by atoms with van der Waals surface area (Å²) in [6, 6.07) is 11.8. The molecule has 3 atom stereocenters. The lowest BCUT2D eigenvalue weighted by Gasteiger charge is -2.38. The molecule has 2 N–H and O–H groups in total. The molecular formula is C28H31FN4O6S. The van der Waals surface area contributed by atoms with Crippen LogP contribution in [0.15, 0.2) is 71.9 Å². The van der Waals surface area contributed by atoms with E-state index in [2.05, 4.69) is 10.3 Å². The van der Waals surface area contributed by atoms with Crippen LogP contribution in [0.2, 0.25) is 0 Å². The Morgan fingerprint density at radius 2 is 1.88 bits per heavy atom. The fourth-order valence-corrected chi connectivity index (χ4v) is 5.58. The van der Waals surface area contributed by atoms with Crippen LogP contribution < -0.4 is 10.1 Å². The Morgan fingerprint density at radius 3 is 2.52 bits per heavy atom. The maximum absolute atomic E-state index is 13.6.